The third-order valence-electron chi connectivity index (χ3n) is 3.67. The van der Waals surface area contributed by atoms with Gasteiger partial charge in [-0.05, 0) is 42.0 Å². The zero-order chi connectivity index (χ0) is 18.4. The SMILES string of the molecule is O=C(NCc1ccncc1)c1ccccc1NS(=O)(=O)c1ccccc1. The summed E-state index contributed by atoms with van der Waals surface area (Å²) in [5.41, 5.74) is 1.38. The van der Waals surface area contributed by atoms with Crippen molar-refractivity contribution in [3.8, 4) is 0 Å². The van der Waals surface area contributed by atoms with Crippen molar-refractivity contribution in [1.29, 1.82) is 0 Å². The Balaban J connectivity index is 1.79. The van der Waals surface area contributed by atoms with Crippen LogP contribution >= 0.6 is 0 Å². The van der Waals surface area contributed by atoms with E-state index in [1.807, 2.05) is 0 Å². The number of benzene rings is 2. The van der Waals surface area contributed by atoms with Gasteiger partial charge in [-0.1, -0.05) is 30.3 Å². The van der Waals surface area contributed by atoms with Crippen molar-refractivity contribution in [1.82, 2.24) is 10.3 Å². The molecular formula is C19H17N3O3S. The molecule has 0 saturated heterocycles. The molecule has 0 spiro atoms. The number of hydrogen-bond acceptors (Lipinski definition) is 4. The fraction of sp³-hybridized carbons (Fsp3) is 0.0526. The standard InChI is InChI=1S/C19H17N3O3S/c23-19(21-14-15-10-12-20-13-11-15)17-8-4-5-9-18(17)22-26(24,25)16-6-2-1-3-7-16/h1-13,22H,14H2,(H,21,23). The van der Waals surface area contributed by atoms with E-state index >= 15 is 0 Å². The van der Waals surface area contributed by atoms with E-state index in [-0.39, 0.29) is 22.1 Å². The van der Waals surface area contributed by atoms with Gasteiger partial charge in [-0.25, -0.2) is 8.42 Å². The quantitative estimate of drug-likeness (QED) is 0.701. The number of aromatic nitrogens is 1. The zero-order valence-electron chi connectivity index (χ0n) is 13.8. The van der Waals surface area contributed by atoms with Crippen LogP contribution in [0.3, 0.4) is 0 Å². The molecule has 0 bridgehead atoms. The van der Waals surface area contributed by atoms with Crippen LogP contribution in [0.15, 0.2) is 84.0 Å². The molecule has 2 N–H and O–H groups in total. The maximum Gasteiger partial charge on any atom is 0.261 e. The van der Waals surface area contributed by atoms with Crippen molar-refractivity contribution in [2.45, 2.75) is 11.4 Å². The molecule has 3 rings (SSSR count). The zero-order valence-corrected chi connectivity index (χ0v) is 14.6. The minimum atomic E-state index is -3.77. The molecule has 0 aliphatic rings. The van der Waals surface area contributed by atoms with Crippen molar-refractivity contribution in [3.63, 3.8) is 0 Å². The first-order valence-corrected chi connectivity index (χ1v) is 9.38. The smallest absolute Gasteiger partial charge is 0.261 e. The fourth-order valence-electron chi connectivity index (χ4n) is 2.35. The summed E-state index contributed by atoms with van der Waals surface area (Å²) in [4.78, 5) is 16.6. The highest BCUT2D eigenvalue weighted by atomic mass is 32.2. The van der Waals surface area contributed by atoms with Crippen molar-refractivity contribution in [2.24, 2.45) is 0 Å². The molecule has 0 atom stereocenters. The third kappa shape index (κ3) is 4.25. The van der Waals surface area contributed by atoms with Crippen LogP contribution in [0.2, 0.25) is 0 Å². The summed E-state index contributed by atoms with van der Waals surface area (Å²) >= 11 is 0. The average molecular weight is 367 g/mol. The lowest BCUT2D eigenvalue weighted by Crippen LogP contribution is -2.25. The molecular weight excluding hydrogens is 350 g/mol. The van der Waals surface area contributed by atoms with Gasteiger partial charge in [0.15, 0.2) is 0 Å². The molecule has 7 heteroatoms. The minimum absolute atomic E-state index is 0.131. The van der Waals surface area contributed by atoms with Crippen LogP contribution in [0, 0.1) is 0 Å². The summed E-state index contributed by atoms with van der Waals surface area (Å²) in [6.07, 6.45) is 3.28. The van der Waals surface area contributed by atoms with Crippen LogP contribution in [0.1, 0.15) is 15.9 Å². The van der Waals surface area contributed by atoms with Gasteiger partial charge in [0.1, 0.15) is 0 Å². The second-order valence-corrected chi connectivity index (χ2v) is 7.18. The molecule has 3 aromatic rings. The van der Waals surface area contributed by atoms with E-state index in [4.69, 9.17) is 0 Å². The van der Waals surface area contributed by atoms with Gasteiger partial charge in [-0.2, -0.15) is 0 Å². The predicted molar refractivity (Wildman–Crippen MR) is 99.1 cm³/mol. The van der Waals surface area contributed by atoms with Gasteiger partial charge in [-0.3, -0.25) is 14.5 Å². The van der Waals surface area contributed by atoms with Crippen molar-refractivity contribution in [2.75, 3.05) is 4.72 Å². The Kier molecular flexibility index (Phi) is 5.28. The summed E-state index contributed by atoms with van der Waals surface area (Å²) < 4.78 is 27.5. The van der Waals surface area contributed by atoms with Gasteiger partial charge in [0.2, 0.25) is 0 Å². The number of nitrogens with one attached hydrogen (secondary N) is 2. The van der Waals surface area contributed by atoms with Gasteiger partial charge < -0.3 is 5.32 Å². The summed E-state index contributed by atoms with van der Waals surface area (Å²) in [7, 11) is -3.77. The highest BCUT2D eigenvalue weighted by Crippen LogP contribution is 2.20. The Morgan fingerprint density at radius 2 is 1.54 bits per heavy atom. The molecule has 1 amide bonds. The predicted octanol–water partition coefficient (Wildman–Crippen LogP) is 2.81. The maximum atomic E-state index is 12.5. The third-order valence-corrected chi connectivity index (χ3v) is 5.05. The maximum absolute atomic E-state index is 12.5. The van der Waals surface area contributed by atoms with E-state index in [9.17, 15) is 13.2 Å². The van der Waals surface area contributed by atoms with Crippen LogP contribution in [-0.2, 0) is 16.6 Å². The van der Waals surface area contributed by atoms with Gasteiger partial charge in [0.05, 0.1) is 16.1 Å². The topological polar surface area (TPSA) is 88.2 Å². The summed E-state index contributed by atoms with van der Waals surface area (Å²) in [6, 6.07) is 18.1. The van der Waals surface area contributed by atoms with Crippen molar-refractivity contribution >= 4 is 21.6 Å². The fourth-order valence-corrected chi connectivity index (χ4v) is 3.45. The number of anilines is 1. The number of hydrogen-bond donors (Lipinski definition) is 2. The number of amides is 1. The Labute approximate surface area is 152 Å². The minimum Gasteiger partial charge on any atom is -0.348 e. The Morgan fingerprint density at radius 3 is 2.27 bits per heavy atom. The van der Waals surface area contributed by atoms with Crippen LogP contribution < -0.4 is 10.0 Å². The molecule has 0 fully saturated rings. The van der Waals surface area contributed by atoms with Crippen molar-refractivity contribution in [3.05, 3.63) is 90.3 Å². The molecule has 1 aromatic heterocycles. The number of carbonyl (C=O) groups excluding carboxylic acids is 1. The lowest BCUT2D eigenvalue weighted by atomic mass is 10.1. The first-order chi connectivity index (χ1) is 12.6. The number of rotatable bonds is 6. The molecule has 0 aliphatic heterocycles. The second kappa shape index (κ2) is 7.79. The van der Waals surface area contributed by atoms with E-state index in [1.165, 1.54) is 12.1 Å². The highest BCUT2D eigenvalue weighted by molar-refractivity contribution is 7.92. The molecule has 1 heterocycles. The molecule has 0 saturated carbocycles. The molecule has 0 radical (unpaired) electrons. The van der Waals surface area contributed by atoms with Crippen LogP contribution in [0.5, 0.6) is 0 Å². The number of nitrogens with zero attached hydrogens (tertiary/aromatic N) is 1. The molecule has 26 heavy (non-hydrogen) atoms. The van der Waals surface area contributed by atoms with Gasteiger partial charge in [0.25, 0.3) is 15.9 Å². The number of carbonyl (C=O) groups is 1. The Morgan fingerprint density at radius 1 is 0.885 bits per heavy atom. The number of para-hydroxylation sites is 1. The molecule has 0 unspecified atom stereocenters. The van der Waals surface area contributed by atoms with Crippen LogP contribution in [0.25, 0.3) is 0 Å². The lowest BCUT2D eigenvalue weighted by Gasteiger charge is -2.13. The number of sulfonamides is 1. The monoisotopic (exact) mass is 367 g/mol. The van der Waals surface area contributed by atoms with Crippen LogP contribution in [-0.4, -0.2) is 19.3 Å². The largest absolute Gasteiger partial charge is 0.348 e. The molecule has 6 nitrogen and oxygen atoms in total. The molecule has 2 aromatic carbocycles. The van der Waals surface area contributed by atoms with E-state index in [0.717, 1.165) is 5.56 Å². The van der Waals surface area contributed by atoms with E-state index in [2.05, 4.69) is 15.0 Å². The first kappa shape index (κ1) is 17.6. The normalized spacial score (nSPS) is 10.9. The lowest BCUT2D eigenvalue weighted by molar-refractivity contribution is 0.0952. The van der Waals surface area contributed by atoms with Gasteiger partial charge in [0, 0.05) is 18.9 Å². The van der Waals surface area contributed by atoms with Crippen LogP contribution in [0.4, 0.5) is 5.69 Å². The summed E-state index contributed by atoms with van der Waals surface area (Å²) in [6.45, 7) is 0.321. The van der Waals surface area contributed by atoms with Gasteiger partial charge >= 0.3 is 0 Å². The van der Waals surface area contributed by atoms with Crippen molar-refractivity contribution < 1.29 is 13.2 Å². The average Bonchev–Trinajstić information content (AvgIpc) is 2.68. The first-order valence-electron chi connectivity index (χ1n) is 7.90. The Bertz CT molecular complexity index is 991. The summed E-state index contributed by atoms with van der Waals surface area (Å²) in [5.74, 6) is -0.367. The van der Waals surface area contributed by atoms with E-state index in [1.54, 1.807) is 67.0 Å². The number of pyridine rings is 1. The summed E-state index contributed by atoms with van der Waals surface area (Å²) in [5, 5.41) is 2.78. The van der Waals surface area contributed by atoms with E-state index in [0.29, 0.717) is 6.54 Å². The highest BCUT2D eigenvalue weighted by Gasteiger charge is 2.18. The van der Waals surface area contributed by atoms with Gasteiger partial charge in [-0.15, -0.1) is 0 Å². The molecule has 0 aliphatic carbocycles. The Hall–Kier alpha value is -3.19. The second-order valence-electron chi connectivity index (χ2n) is 5.50. The van der Waals surface area contributed by atoms with E-state index < -0.39 is 10.0 Å². The molecule has 132 valence electrons.